The van der Waals surface area contributed by atoms with Crippen LogP contribution in [-0.4, -0.2) is 37.8 Å². The molecule has 20 heavy (non-hydrogen) atoms. The van der Waals surface area contributed by atoms with Gasteiger partial charge in [0.15, 0.2) is 5.96 Å². The molecule has 2 radical (unpaired) electrons. The van der Waals surface area contributed by atoms with Crippen LogP contribution in [0.3, 0.4) is 0 Å². The number of rotatable bonds is 1. The second kappa shape index (κ2) is 6.46. The summed E-state index contributed by atoms with van der Waals surface area (Å²) in [6, 6.07) is 7.11. The van der Waals surface area contributed by atoms with E-state index in [0.717, 1.165) is 31.8 Å². The minimum Gasteiger partial charge on any atom is -0.369 e. The van der Waals surface area contributed by atoms with E-state index in [9.17, 15) is 0 Å². The third kappa shape index (κ3) is 4.01. The van der Waals surface area contributed by atoms with E-state index in [1.54, 1.807) is 24.3 Å². The van der Waals surface area contributed by atoms with Crippen molar-refractivity contribution < 1.29 is 0 Å². The van der Waals surface area contributed by atoms with Crippen molar-refractivity contribution in [2.24, 2.45) is 27.4 Å². The number of guanidine groups is 2. The first-order chi connectivity index (χ1) is 9.54. The van der Waals surface area contributed by atoms with E-state index in [1.165, 1.54) is 0 Å². The van der Waals surface area contributed by atoms with Crippen LogP contribution in [0.15, 0.2) is 34.3 Å². The third-order valence-electron chi connectivity index (χ3n) is 3.47. The molecule has 0 unspecified atom stereocenters. The first-order valence-corrected chi connectivity index (χ1v) is 6.83. The van der Waals surface area contributed by atoms with Gasteiger partial charge in [0.25, 0.3) is 0 Å². The monoisotopic (exact) mass is 269 g/mol. The molecule has 1 aliphatic heterocycles. The zero-order chi connectivity index (χ0) is 14.5. The van der Waals surface area contributed by atoms with Crippen molar-refractivity contribution in [1.82, 2.24) is 4.90 Å². The van der Waals surface area contributed by atoms with Gasteiger partial charge in [0.05, 0.1) is 5.69 Å². The van der Waals surface area contributed by atoms with E-state index in [0.29, 0.717) is 17.1 Å². The molecule has 5 nitrogen and oxygen atoms in total. The molecule has 6 heteroatoms. The lowest BCUT2D eigenvalue weighted by atomic mass is 9.96. The second-order valence-corrected chi connectivity index (χ2v) is 5.20. The minimum absolute atomic E-state index is 0.158. The van der Waals surface area contributed by atoms with Gasteiger partial charge in [0.2, 0.25) is 5.96 Å². The quantitative estimate of drug-likeness (QED) is 0.442. The highest BCUT2D eigenvalue weighted by Gasteiger charge is 2.17. The van der Waals surface area contributed by atoms with Crippen molar-refractivity contribution in [3.05, 3.63) is 24.3 Å². The Labute approximate surface area is 121 Å². The molecule has 1 aliphatic rings. The van der Waals surface area contributed by atoms with Crippen molar-refractivity contribution in [3.63, 3.8) is 0 Å². The first kappa shape index (κ1) is 14.4. The molecule has 0 aliphatic carbocycles. The Kier molecular flexibility index (Phi) is 4.66. The Bertz CT molecular complexity index is 501. The highest BCUT2D eigenvalue weighted by Crippen LogP contribution is 2.15. The molecule has 104 valence electrons. The van der Waals surface area contributed by atoms with E-state index in [-0.39, 0.29) is 5.96 Å². The van der Waals surface area contributed by atoms with Gasteiger partial charge in [-0.1, -0.05) is 24.5 Å². The summed E-state index contributed by atoms with van der Waals surface area (Å²) < 4.78 is 0. The molecule has 0 amide bonds. The van der Waals surface area contributed by atoms with E-state index in [4.69, 9.17) is 19.3 Å². The molecule has 0 bridgehead atoms. The Hall–Kier alpha value is -1.98. The summed E-state index contributed by atoms with van der Waals surface area (Å²) >= 11 is 0. The molecule has 1 fully saturated rings. The van der Waals surface area contributed by atoms with E-state index in [2.05, 4.69) is 16.9 Å². The average molecular weight is 269 g/mol. The molecular weight excluding hydrogens is 249 g/mol. The number of nitrogens with two attached hydrogens (primary N) is 2. The zero-order valence-corrected chi connectivity index (χ0v) is 11.8. The normalized spacial score (nSPS) is 18.4. The number of hydrogen-bond acceptors (Lipinski definition) is 1. The van der Waals surface area contributed by atoms with Crippen LogP contribution in [-0.2, 0) is 0 Å². The lowest BCUT2D eigenvalue weighted by molar-refractivity contribution is 0.278. The van der Waals surface area contributed by atoms with Crippen LogP contribution < -0.4 is 16.9 Å². The Balaban J connectivity index is 2.03. The maximum absolute atomic E-state index is 5.97. The maximum Gasteiger partial charge on any atom is 0.223 e. The van der Waals surface area contributed by atoms with Gasteiger partial charge in [-0.25, -0.2) is 4.99 Å². The lowest BCUT2D eigenvalue weighted by Gasteiger charge is -2.30. The largest absolute Gasteiger partial charge is 0.369 e. The molecule has 0 spiro atoms. The van der Waals surface area contributed by atoms with Crippen molar-refractivity contribution >= 4 is 30.9 Å². The molecule has 1 aromatic rings. The van der Waals surface area contributed by atoms with Gasteiger partial charge in [0, 0.05) is 13.1 Å². The SMILES string of the molecule is [B]c1ccc(N=C(N)N=C(N)N2CCC(C)CC2)cc1. The van der Waals surface area contributed by atoms with Crippen molar-refractivity contribution in [1.29, 1.82) is 0 Å². The van der Waals surface area contributed by atoms with Crippen LogP contribution in [0, 0.1) is 5.92 Å². The molecule has 1 saturated heterocycles. The van der Waals surface area contributed by atoms with Crippen LogP contribution >= 0.6 is 0 Å². The summed E-state index contributed by atoms with van der Waals surface area (Å²) in [4.78, 5) is 10.4. The number of hydrogen-bond donors (Lipinski definition) is 2. The summed E-state index contributed by atoms with van der Waals surface area (Å²) in [5.41, 5.74) is 13.2. The van der Waals surface area contributed by atoms with Gasteiger partial charge in [-0.05, 0) is 30.9 Å². The Morgan fingerprint density at radius 1 is 1.20 bits per heavy atom. The molecule has 4 N–H and O–H groups in total. The Morgan fingerprint density at radius 3 is 2.40 bits per heavy atom. The molecule has 0 aromatic heterocycles. The fourth-order valence-electron chi connectivity index (χ4n) is 2.13. The predicted octanol–water partition coefficient (Wildman–Crippen LogP) is 0.473. The van der Waals surface area contributed by atoms with E-state index in [1.807, 2.05) is 4.90 Å². The van der Waals surface area contributed by atoms with E-state index < -0.39 is 0 Å². The van der Waals surface area contributed by atoms with Crippen LogP contribution in [0.4, 0.5) is 5.69 Å². The standard InChI is InChI=1S/C14H20BN5/c1-10-6-8-20(9-7-10)14(17)19-13(16)18-12-4-2-11(15)3-5-12/h2-5,10H,6-9H2,1H3,(H4,16,17,18,19). The number of aliphatic imine (C=N–C) groups is 2. The maximum atomic E-state index is 5.97. The molecule has 2 rings (SSSR count). The van der Waals surface area contributed by atoms with Crippen molar-refractivity contribution in [3.8, 4) is 0 Å². The highest BCUT2D eigenvalue weighted by molar-refractivity contribution is 6.32. The molecular formula is C14H20BN5. The number of nitrogens with zero attached hydrogens (tertiary/aromatic N) is 3. The second-order valence-electron chi connectivity index (χ2n) is 5.20. The summed E-state index contributed by atoms with van der Waals surface area (Å²) in [7, 11) is 5.61. The van der Waals surface area contributed by atoms with Crippen LogP contribution in [0.5, 0.6) is 0 Å². The lowest BCUT2D eigenvalue weighted by Crippen LogP contribution is -2.43. The van der Waals surface area contributed by atoms with Crippen molar-refractivity contribution in [2.45, 2.75) is 19.8 Å². The Morgan fingerprint density at radius 2 is 1.80 bits per heavy atom. The minimum atomic E-state index is 0.158. The third-order valence-corrected chi connectivity index (χ3v) is 3.47. The predicted molar refractivity (Wildman–Crippen MR) is 84.7 cm³/mol. The van der Waals surface area contributed by atoms with Gasteiger partial charge in [-0.3, -0.25) is 0 Å². The number of piperidine rings is 1. The van der Waals surface area contributed by atoms with Crippen LogP contribution in [0.25, 0.3) is 0 Å². The fourth-order valence-corrected chi connectivity index (χ4v) is 2.13. The average Bonchev–Trinajstić information content (AvgIpc) is 2.42. The van der Waals surface area contributed by atoms with Crippen LogP contribution in [0.2, 0.25) is 0 Å². The van der Waals surface area contributed by atoms with Crippen molar-refractivity contribution in [2.75, 3.05) is 13.1 Å². The summed E-state index contributed by atoms with van der Waals surface area (Å²) in [6.07, 6.45) is 2.26. The van der Waals surface area contributed by atoms with Gasteiger partial charge in [-0.2, -0.15) is 4.99 Å². The molecule has 0 atom stereocenters. The highest BCUT2D eigenvalue weighted by atomic mass is 15.3. The topological polar surface area (TPSA) is 80.0 Å². The van der Waals surface area contributed by atoms with Crippen LogP contribution in [0.1, 0.15) is 19.8 Å². The van der Waals surface area contributed by atoms with E-state index >= 15 is 0 Å². The van der Waals surface area contributed by atoms with Gasteiger partial charge in [-0.15, -0.1) is 0 Å². The smallest absolute Gasteiger partial charge is 0.223 e. The van der Waals surface area contributed by atoms with Gasteiger partial charge < -0.3 is 16.4 Å². The summed E-state index contributed by atoms with van der Waals surface area (Å²) in [6.45, 7) is 4.10. The molecule has 1 heterocycles. The zero-order valence-electron chi connectivity index (χ0n) is 11.8. The first-order valence-electron chi connectivity index (χ1n) is 6.83. The summed E-state index contributed by atoms with van der Waals surface area (Å²) in [5.74, 6) is 1.35. The summed E-state index contributed by atoms with van der Waals surface area (Å²) in [5, 5.41) is 0. The molecule has 0 saturated carbocycles. The fraction of sp³-hybridized carbons (Fsp3) is 0.429. The van der Waals surface area contributed by atoms with Gasteiger partial charge >= 0.3 is 0 Å². The number of likely N-dealkylation sites (tertiary alicyclic amines) is 1. The van der Waals surface area contributed by atoms with Gasteiger partial charge in [0.1, 0.15) is 7.85 Å². The number of benzene rings is 1. The molecule has 1 aromatic carbocycles.